The Hall–Kier alpha value is -2.89. The lowest BCUT2D eigenvalue weighted by molar-refractivity contribution is -0.112. The van der Waals surface area contributed by atoms with Crippen LogP contribution < -0.4 is 15.8 Å². The molecule has 4 heterocycles. The van der Waals surface area contributed by atoms with Crippen LogP contribution in [0.4, 0.5) is 11.5 Å². The molecule has 0 aliphatic carbocycles. The number of amides is 1. The first-order valence-corrected chi connectivity index (χ1v) is 8.89. The fourth-order valence-corrected chi connectivity index (χ4v) is 3.97. The van der Waals surface area contributed by atoms with Crippen molar-refractivity contribution in [2.45, 2.75) is 25.8 Å². The minimum atomic E-state index is -0.200. The Bertz CT molecular complexity index is 916. The van der Waals surface area contributed by atoms with Crippen LogP contribution in [0.25, 0.3) is 0 Å². The monoisotopic (exact) mass is 350 g/mol. The van der Waals surface area contributed by atoms with Crippen LogP contribution in [0.3, 0.4) is 0 Å². The summed E-state index contributed by atoms with van der Waals surface area (Å²) in [6.07, 6.45) is 2.80. The molecular weight excluding hydrogens is 328 g/mol. The fraction of sp³-hybridized carbons (Fsp3) is 0.350. The SMILES string of the molecule is C=C(C)C(=O)Nc1ccc(N2CC3CC(C2)c2cccc(=O)n2C3)nc1. The topological polar surface area (TPSA) is 67.2 Å². The quantitative estimate of drug-likeness (QED) is 0.863. The van der Waals surface area contributed by atoms with E-state index in [2.05, 4.69) is 27.8 Å². The number of piperidine rings is 1. The highest BCUT2D eigenvalue weighted by Crippen LogP contribution is 2.36. The van der Waals surface area contributed by atoms with Crippen molar-refractivity contribution >= 4 is 17.4 Å². The van der Waals surface area contributed by atoms with Crippen LogP contribution in [0.15, 0.2) is 53.5 Å². The van der Waals surface area contributed by atoms with Gasteiger partial charge in [0.15, 0.2) is 0 Å². The van der Waals surface area contributed by atoms with Gasteiger partial charge in [-0.25, -0.2) is 4.98 Å². The van der Waals surface area contributed by atoms with Crippen LogP contribution in [-0.2, 0) is 11.3 Å². The smallest absolute Gasteiger partial charge is 0.250 e. The van der Waals surface area contributed by atoms with Gasteiger partial charge in [-0.05, 0) is 37.5 Å². The number of nitrogens with zero attached hydrogens (tertiary/aromatic N) is 3. The average molecular weight is 350 g/mol. The Kier molecular flexibility index (Phi) is 4.11. The highest BCUT2D eigenvalue weighted by atomic mass is 16.1. The molecule has 1 amide bonds. The lowest BCUT2D eigenvalue weighted by Crippen LogP contribution is -2.47. The zero-order valence-corrected chi connectivity index (χ0v) is 14.8. The van der Waals surface area contributed by atoms with Gasteiger partial charge in [0.1, 0.15) is 5.82 Å². The van der Waals surface area contributed by atoms with Gasteiger partial charge in [0, 0.05) is 42.9 Å². The van der Waals surface area contributed by atoms with Crippen molar-refractivity contribution in [1.29, 1.82) is 0 Å². The van der Waals surface area contributed by atoms with Crippen molar-refractivity contribution in [3.05, 3.63) is 64.7 Å². The van der Waals surface area contributed by atoms with Crippen LogP contribution in [0.5, 0.6) is 0 Å². The molecule has 6 heteroatoms. The maximum atomic E-state index is 12.1. The Labute approximate surface area is 152 Å². The van der Waals surface area contributed by atoms with Gasteiger partial charge in [-0.2, -0.15) is 0 Å². The van der Waals surface area contributed by atoms with Gasteiger partial charge in [-0.3, -0.25) is 9.59 Å². The molecular formula is C20H22N4O2. The van der Waals surface area contributed by atoms with E-state index in [1.807, 2.05) is 22.8 Å². The van der Waals surface area contributed by atoms with Gasteiger partial charge in [-0.1, -0.05) is 12.6 Å². The van der Waals surface area contributed by atoms with Gasteiger partial charge in [-0.15, -0.1) is 0 Å². The van der Waals surface area contributed by atoms with E-state index < -0.39 is 0 Å². The number of anilines is 2. The minimum Gasteiger partial charge on any atom is -0.356 e. The zero-order valence-electron chi connectivity index (χ0n) is 14.8. The second-order valence-electron chi connectivity index (χ2n) is 7.24. The molecule has 2 unspecified atom stereocenters. The number of rotatable bonds is 3. The molecule has 1 fully saturated rings. The van der Waals surface area contributed by atoms with Crippen molar-refractivity contribution < 1.29 is 4.79 Å². The van der Waals surface area contributed by atoms with E-state index >= 15 is 0 Å². The van der Waals surface area contributed by atoms with Crippen LogP contribution in [0.2, 0.25) is 0 Å². The van der Waals surface area contributed by atoms with Gasteiger partial charge >= 0.3 is 0 Å². The molecule has 2 aromatic rings. The first-order valence-electron chi connectivity index (χ1n) is 8.89. The predicted octanol–water partition coefficient (Wildman–Crippen LogP) is 2.38. The summed E-state index contributed by atoms with van der Waals surface area (Å²) < 4.78 is 1.93. The first-order chi connectivity index (χ1) is 12.5. The van der Waals surface area contributed by atoms with Crippen molar-refractivity contribution in [3.63, 3.8) is 0 Å². The molecule has 1 N–H and O–H groups in total. The van der Waals surface area contributed by atoms with Gasteiger partial charge in [0.05, 0.1) is 11.9 Å². The molecule has 2 aliphatic heterocycles. The molecule has 6 nitrogen and oxygen atoms in total. The molecule has 2 atom stereocenters. The summed E-state index contributed by atoms with van der Waals surface area (Å²) in [7, 11) is 0. The van der Waals surface area contributed by atoms with E-state index in [1.165, 1.54) is 0 Å². The molecule has 2 bridgehead atoms. The van der Waals surface area contributed by atoms with Gasteiger partial charge < -0.3 is 14.8 Å². The van der Waals surface area contributed by atoms with Crippen molar-refractivity contribution in [1.82, 2.24) is 9.55 Å². The highest BCUT2D eigenvalue weighted by Gasteiger charge is 2.34. The Morgan fingerprint density at radius 1 is 1.23 bits per heavy atom. The molecule has 134 valence electrons. The molecule has 2 aliphatic rings. The standard InChI is InChI=1S/C20H22N4O2/c1-13(2)20(26)22-16-6-7-18(21-9-16)23-10-14-8-15(12-23)17-4-3-5-19(25)24(17)11-14/h3-7,9,14-15H,1,8,10-12H2,2H3,(H,22,26). The summed E-state index contributed by atoms with van der Waals surface area (Å²) in [6.45, 7) is 7.82. The fourth-order valence-electron chi connectivity index (χ4n) is 3.97. The number of aromatic nitrogens is 2. The Morgan fingerprint density at radius 3 is 2.81 bits per heavy atom. The molecule has 4 rings (SSSR count). The van der Waals surface area contributed by atoms with E-state index in [0.29, 0.717) is 23.1 Å². The molecule has 1 saturated heterocycles. The third kappa shape index (κ3) is 3.03. The van der Waals surface area contributed by atoms with E-state index in [4.69, 9.17) is 0 Å². The second kappa shape index (κ2) is 6.44. The Balaban J connectivity index is 1.53. The number of carbonyl (C=O) groups is 1. The number of hydrogen-bond acceptors (Lipinski definition) is 4. The number of pyridine rings is 2. The summed E-state index contributed by atoms with van der Waals surface area (Å²) in [5, 5.41) is 2.77. The summed E-state index contributed by atoms with van der Waals surface area (Å²) in [5.74, 6) is 1.50. The lowest BCUT2D eigenvalue weighted by Gasteiger charge is -2.43. The van der Waals surface area contributed by atoms with E-state index in [-0.39, 0.29) is 11.5 Å². The summed E-state index contributed by atoms with van der Waals surface area (Å²) in [4.78, 5) is 30.6. The summed E-state index contributed by atoms with van der Waals surface area (Å²) in [5.41, 5.74) is 2.35. The normalized spacial score (nSPS) is 21.0. The first kappa shape index (κ1) is 16.6. The van der Waals surface area contributed by atoms with Crippen LogP contribution in [0.1, 0.15) is 25.0 Å². The average Bonchev–Trinajstić information content (AvgIpc) is 2.63. The van der Waals surface area contributed by atoms with Crippen LogP contribution in [-0.4, -0.2) is 28.5 Å². The molecule has 0 saturated carbocycles. The van der Waals surface area contributed by atoms with Crippen molar-refractivity contribution in [2.24, 2.45) is 5.92 Å². The minimum absolute atomic E-state index is 0.0985. The van der Waals surface area contributed by atoms with Gasteiger partial charge in [0.25, 0.3) is 11.5 Å². The van der Waals surface area contributed by atoms with E-state index in [1.54, 1.807) is 19.2 Å². The zero-order chi connectivity index (χ0) is 18.3. The summed E-state index contributed by atoms with van der Waals surface area (Å²) in [6, 6.07) is 9.36. The van der Waals surface area contributed by atoms with Crippen LogP contribution >= 0.6 is 0 Å². The lowest BCUT2D eigenvalue weighted by atomic mass is 9.83. The Morgan fingerprint density at radius 2 is 2.08 bits per heavy atom. The maximum absolute atomic E-state index is 12.1. The third-order valence-corrected chi connectivity index (χ3v) is 5.20. The predicted molar refractivity (Wildman–Crippen MR) is 101 cm³/mol. The molecule has 0 radical (unpaired) electrons. The van der Waals surface area contributed by atoms with Gasteiger partial charge in [0.2, 0.25) is 0 Å². The maximum Gasteiger partial charge on any atom is 0.250 e. The van der Waals surface area contributed by atoms with E-state index in [0.717, 1.165) is 37.6 Å². The van der Waals surface area contributed by atoms with E-state index in [9.17, 15) is 9.59 Å². The molecule has 2 aromatic heterocycles. The van der Waals surface area contributed by atoms with Crippen LogP contribution in [0, 0.1) is 5.92 Å². The number of carbonyl (C=O) groups excluding carboxylic acids is 1. The third-order valence-electron chi connectivity index (χ3n) is 5.20. The highest BCUT2D eigenvalue weighted by molar-refractivity contribution is 6.02. The molecule has 26 heavy (non-hydrogen) atoms. The number of fused-ring (bicyclic) bond motifs is 4. The molecule has 0 aromatic carbocycles. The largest absolute Gasteiger partial charge is 0.356 e. The van der Waals surface area contributed by atoms with Crippen molar-refractivity contribution in [2.75, 3.05) is 23.3 Å². The number of nitrogens with one attached hydrogen (secondary N) is 1. The second-order valence-corrected chi connectivity index (χ2v) is 7.24. The summed E-state index contributed by atoms with van der Waals surface area (Å²) >= 11 is 0. The molecule has 0 spiro atoms. The number of hydrogen-bond donors (Lipinski definition) is 1. The van der Waals surface area contributed by atoms with Crippen molar-refractivity contribution in [3.8, 4) is 0 Å².